The number of nitrogens with one attached hydrogen (secondary N) is 1. The van der Waals surface area contributed by atoms with Crippen molar-refractivity contribution in [3.63, 3.8) is 0 Å². The smallest absolute Gasteiger partial charge is 0.372 e. The first-order chi connectivity index (χ1) is 6.99. The molecule has 0 fully saturated rings. The van der Waals surface area contributed by atoms with Crippen molar-refractivity contribution in [1.29, 1.82) is 0 Å². The fraction of sp³-hybridized carbons (Fsp3) is 1.00. The van der Waals surface area contributed by atoms with Gasteiger partial charge >= 0.3 is 6.18 Å². The van der Waals surface area contributed by atoms with Crippen LogP contribution in [0.1, 0.15) is 12.8 Å². The molecule has 0 aromatic rings. The van der Waals surface area contributed by atoms with Crippen molar-refractivity contribution in [3.05, 3.63) is 0 Å². The topological polar surface area (TPSA) is 21.3 Å². The zero-order valence-corrected chi connectivity index (χ0v) is 9.88. The third-order valence-corrected chi connectivity index (χ3v) is 2.62. The third-order valence-electron chi connectivity index (χ3n) is 1.88. The van der Waals surface area contributed by atoms with Gasteiger partial charge in [0, 0.05) is 18.4 Å². The lowest BCUT2D eigenvalue weighted by atomic mass is 10.2. The molecule has 0 bridgehead atoms. The van der Waals surface area contributed by atoms with Crippen molar-refractivity contribution in [2.45, 2.75) is 25.1 Å². The Labute approximate surface area is 92.9 Å². The van der Waals surface area contributed by atoms with Gasteiger partial charge in [-0.05, 0) is 26.1 Å². The zero-order chi connectivity index (χ0) is 11.7. The lowest BCUT2D eigenvalue weighted by molar-refractivity contribution is -0.174. The summed E-state index contributed by atoms with van der Waals surface area (Å²) in [4.78, 5) is 0. The van der Waals surface area contributed by atoms with Crippen LogP contribution in [0, 0.1) is 0 Å². The van der Waals surface area contributed by atoms with Gasteiger partial charge in [-0.2, -0.15) is 24.9 Å². The van der Waals surface area contributed by atoms with Gasteiger partial charge in [-0.25, -0.2) is 0 Å². The molecule has 0 saturated carbocycles. The van der Waals surface area contributed by atoms with Crippen LogP contribution in [0.3, 0.4) is 0 Å². The van der Waals surface area contributed by atoms with Gasteiger partial charge in [0.1, 0.15) is 6.61 Å². The fourth-order valence-corrected chi connectivity index (χ4v) is 1.87. The van der Waals surface area contributed by atoms with Crippen molar-refractivity contribution in [2.75, 3.05) is 32.3 Å². The highest BCUT2D eigenvalue weighted by molar-refractivity contribution is 7.98. The molecule has 6 heteroatoms. The van der Waals surface area contributed by atoms with Gasteiger partial charge in [0.25, 0.3) is 0 Å². The molecule has 0 aromatic carbocycles. The second-order valence-electron chi connectivity index (χ2n) is 3.25. The SMILES string of the molecule is CNC(CCCOCC(F)(F)F)CSC. The van der Waals surface area contributed by atoms with Gasteiger partial charge in [-0.1, -0.05) is 0 Å². The highest BCUT2D eigenvalue weighted by Gasteiger charge is 2.27. The monoisotopic (exact) mass is 245 g/mol. The lowest BCUT2D eigenvalue weighted by Crippen LogP contribution is -2.28. The average molecular weight is 245 g/mol. The van der Waals surface area contributed by atoms with Crippen LogP contribution in [-0.4, -0.2) is 44.5 Å². The van der Waals surface area contributed by atoms with Crippen molar-refractivity contribution in [1.82, 2.24) is 5.32 Å². The van der Waals surface area contributed by atoms with Gasteiger partial charge in [-0.15, -0.1) is 0 Å². The van der Waals surface area contributed by atoms with E-state index in [0.717, 1.165) is 12.2 Å². The van der Waals surface area contributed by atoms with Crippen molar-refractivity contribution in [3.8, 4) is 0 Å². The van der Waals surface area contributed by atoms with Gasteiger partial charge in [0.2, 0.25) is 0 Å². The highest BCUT2D eigenvalue weighted by atomic mass is 32.2. The largest absolute Gasteiger partial charge is 0.411 e. The normalized spacial score (nSPS) is 14.2. The van der Waals surface area contributed by atoms with Crippen LogP contribution in [0.25, 0.3) is 0 Å². The van der Waals surface area contributed by atoms with E-state index in [9.17, 15) is 13.2 Å². The fourth-order valence-electron chi connectivity index (χ4n) is 1.13. The molecule has 0 rings (SSSR count). The number of ether oxygens (including phenoxy) is 1. The molecular weight excluding hydrogens is 227 g/mol. The van der Waals surface area contributed by atoms with E-state index in [4.69, 9.17) is 0 Å². The van der Waals surface area contributed by atoms with Gasteiger partial charge in [0.05, 0.1) is 0 Å². The maximum absolute atomic E-state index is 11.7. The lowest BCUT2D eigenvalue weighted by Gasteiger charge is -2.14. The minimum atomic E-state index is -4.21. The molecule has 0 spiro atoms. The Morgan fingerprint density at radius 2 is 2.07 bits per heavy atom. The Kier molecular flexibility index (Phi) is 8.27. The Bertz CT molecular complexity index is 155. The van der Waals surface area contributed by atoms with Crippen LogP contribution in [0.2, 0.25) is 0 Å². The maximum atomic E-state index is 11.7. The van der Waals surface area contributed by atoms with E-state index >= 15 is 0 Å². The second kappa shape index (κ2) is 8.24. The first-order valence-electron chi connectivity index (χ1n) is 4.80. The highest BCUT2D eigenvalue weighted by Crippen LogP contribution is 2.14. The molecule has 0 aliphatic heterocycles. The Morgan fingerprint density at radius 3 is 2.53 bits per heavy atom. The molecule has 0 radical (unpaired) electrons. The van der Waals surface area contributed by atoms with Crippen molar-refractivity contribution < 1.29 is 17.9 Å². The Balaban J connectivity index is 3.36. The Morgan fingerprint density at radius 1 is 1.40 bits per heavy atom. The quantitative estimate of drug-likeness (QED) is 0.663. The number of thioether (sulfide) groups is 1. The van der Waals surface area contributed by atoms with E-state index in [0.29, 0.717) is 12.5 Å². The number of hydrogen-bond acceptors (Lipinski definition) is 3. The molecule has 0 heterocycles. The molecule has 0 aromatic heterocycles. The molecule has 1 unspecified atom stereocenters. The van der Waals surface area contributed by atoms with Crippen molar-refractivity contribution in [2.24, 2.45) is 0 Å². The van der Waals surface area contributed by atoms with Gasteiger partial charge in [-0.3, -0.25) is 0 Å². The first-order valence-corrected chi connectivity index (χ1v) is 6.19. The molecule has 2 nitrogen and oxygen atoms in total. The molecule has 0 amide bonds. The second-order valence-corrected chi connectivity index (χ2v) is 4.16. The first kappa shape index (κ1) is 15.1. The Hall–Kier alpha value is 0.0600. The molecule has 0 saturated heterocycles. The molecule has 0 aliphatic rings. The molecule has 0 aliphatic carbocycles. The minimum absolute atomic E-state index is 0.173. The summed E-state index contributed by atoms with van der Waals surface area (Å²) >= 11 is 1.72. The summed E-state index contributed by atoms with van der Waals surface area (Å²) in [6.45, 7) is -0.966. The molecular formula is C9H18F3NOS. The number of hydrogen-bond donors (Lipinski definition) is 1. The maximum Gasteiger partial charge on any atom is 0.411 e. The van der Waals surface area contributed by atoms with E-state index in [-0.39, 0.29) is 6.61 Å². The van der Waals surface area contributed by atoms with Gasteiger partial charge < -0.3 is 10.1 Å². The van der Waals surface area contributed by atoms with E-state index in [1.54, 1.807) is 11.8 Å². The zero-order valence-electron chi connectivity index (χ0n) is 9.06. The summed E-state index contributed by atoms with van der Waals surface area (Å²) in [5.74, 6) is 0.968. The summed E-state index contributed by atoms with van der Waals surface area (Å²) in [5.41, 5.74) is 0. The van der Waals surface area contributed by atoms with Crippen LogP contribution >= 0.6 is 11.8 Å². The van der Waals surface area contributed by atoms with Crippen LogP contribution in [-0.2, 0) is 4.74 Å². The molecule has 15 heavy (non-hydrogen) atoms. The van der Waals surface area contributed by atoms with E-state index in [1.165, 1.54) is 0 Å². The van der Waals surface area contributed by atoms with E-state index in [2.05, 4.69) is 10.1 Å². The van der Waals surface area contributed by atoms with E-state index in [1.807, 2.05) is 13.3 Å². The summed E-state index contributed by atoms with van der Waals surface area (Å²) < 4.78 is 39.6. The van der Waals surface area contributed by atoms with Crippen LogP contribution in [0.15, 0.2) is 0 Å². The standard InChI is InChI=1S/C9H18F3NOS/c1-13-8(6-15-2)4-3-5-14-7-9(10,11)12/h8,13H,3-7H2,1-2H3. The minimum Gasteiger partial charge on any atom is -0.372 e. The number of rotatable bonds is 8. The van der Waals surface area contributed by atoms with Gasteiger partial charge in [0.15, 0.2) is 0 Å². The van der Waals surface area contributed by atoms with Crippen LogP contribution in [0.4, 0.5) is 13.2 Å². The summed E-state index contributed by atoms with van der Waals surface area (Å²) in [6, 6.07) is 0.356. The summed E-state index contributed by atoms with van der Waals surface area (Å²) in [6.07, 6.45) is -0.705. The predicted molar refractivity (Wildman–Crippen MR) is 57.3 cm³/mol. The number of halogens is 3. The van der Waals surface area contributed by atoms with E-state index < -0.39 is 12.8 Å². The summed E-state index contributed by atoms with van der Waals surface area (Å²) in [7, 11) is 1.86. The molecule has 92 valence electrons. The number of alkyl halides is 3. The molecule has 1 N–H and O–H groups in total. The average Bonchev–Trinajstić information content (AvgIpc) is 2.14. The third kappa shape index (κ3) is 10.3. The molecule has 1 atom stereocenters. The van der Waals surface area contributed by atoms with Crippen LogP contribution < -0.4 is 5.32 Å². The van der Waals surface area contributed by atoms with Crippen LogP contribution in [0.5, 0.6) is 0 Å². The van der Waals surface area contributed by atoms with Crippen molar-refractivity contribution >= 4 is 11.8 Å². The summed E-state index contributed by atoms with van der Waals surface area (Å²) in [5, 5.41) is 3.11. The predicted octanol–water partition coefficient (Wildman–Crippen LogP) is 2.30.